The molecular weight excluding hydrogens is 270 g/mol. The number of hydrazine groups is 1. The van der Waals surface area contributed by atoms with Crippen LogP contribution in [-0.2, 0) is 4.79 Å². The molecule has 0 saturated heterocycles. The summed E-state index contributed by atoms with van der Waals surface area (Å²) in [4.78, 5) is 11.7. The van der Waals surface area contributed by atoms with Gasteiger partial charge in [0.25, 0.3) is 0 Å². The maximum Gasteiger partial charge on any atom is 0.239 e. The molecule has 0 atom stereocenters. The molecule has 0 heterocycles. The molecule has 0 saturated carbocycles. The van der Waals surface area contributed by atoms with Crippen molar-refractivity contribution in [1.82, 2.24) is 10.9 Å². The summed E-state index contributed by atoms with van der Waals surface area (Å²) in [5, 5.41) is 3.33. The Kier molecular flexibility index (Phi) is 5.70. The molecule has 0 aliphatic heterocycles. The average molecular weight is 291 g/mol. The Bertz CT molecular complexity index is 494. The summed E-state index contributed by atoms with van der Waals surface area (Å²) in [5.41, 5.74) is 7.05. The van der Waals surface area contributed by atoms with Gasteiger partial charge in [0, 0.05) is 12.1 Å². The van der Waals surface area contributed by atoms with Gasteiger partial charge in [0.05, 0.1) is 0 Å². The molecule has 1 aromatic carbocycles. The van der Waals surface area contributed by atoms with Gasteiger partial charge in [-0.3, -0.25) is 15.6 Å². The third-order valence-corrected chi connectivity index (χ3v) is 3.00. The second-order valence-corrected chi connectivity index (χ2v) is 5.77. The third-order valence-electron chi connectivity index (χ3n) is 2.79. The lowest BCUT2D eigenvalue weighted by Crippen LogP contribution is -2.44. The fourth-order valence-corrected chi connectivity index (χ4v) is 1.62. The molecule has 5 heteroatoms. The number of allylic oxidation sites excluding steroid dienone is 1. The zero-order valence-corrected chi connectivity index (χ0v) is 12.9. The van der Waals surface area contributed by atoms with Crippen LogP contribution in [0.5, 0.6) is 0 Å². The monoisotopic (exact) mass is 291 g/mol. The van der Waals surface area contributed by atoms with Crippen molar-refractivity contribution in [3.8, 4) is 0 Å². The van der Waals surface area contributed by atoms with Gasteiger partial charge in [-0.15, -0.1) is 6.58 Å². The van der Waals surface area contributed by atoms with E-state index in [2.05, 4.69) is 22.7 Å². The number of hydrogen-bond donors (Lipinski definition) is 3. The van der Waals surface area contributed by atoms with Gasteiger partial charge in [0.1, 0.15) is 0 Å². The predicted molar refractivity (Wildman–Crippen MR) is 87.3 cm³/mol. The van der Waals surface area contributed by atoms with Crippen LogP contribution in [0.1, 0.15) is 25.8 Å². The first-order valence-corrected chi connectivity index (χ1v) is 6.79. The van der Waals surface area contributed by atoms with Crippen molar-refractivity contribution < 1.29 is 4.79 Å². The normalized spacial score (nSPS) is 10.6. The first-order valence-electron chi connectivity index (χ1n) is 6.38. The van der Waals surface area contributed by atoms with Gasteiger partial charge in [0.15, 0.2) is 5.11 Å². The van der Waals surface area contributed by atoms with E-state index in [-0.39, 0.29) is 11.3 Å². The number of hydrogen-bond acceptors (Lipinski definition) is 2. The molecule has 4 nitrogen and oxygen atoms in total. The van der Waals surface area contributed by atoms with E-state index in [1.54, 1.807) is 6.08 Å². The van der Waals surface area contributed by atoms with E-state index >= 15 is 0 Å². The minimum Gasteiger partial charge on any atom is -0.331 e. The van der Waals surface area contributed by atoms with Gasteiger partial charge in [0.2, 0.25) is 5.91 Å². The largest absolute Gasteiger partial charge is 0.331 e. The number of aryl methyl sites for hydroxylation is 1. The van der Waals surface area contributed by atoms with Gasteiger partial charge in [-0.05, 0) is 36.7 Å². The van der Waals surface area contributed by atoms with Crippen LogP contribution in [-0.4, -0.2) is 11.0 Å². The Morgan fingerprint density at radius 2 is 1.90 bits per heavy atom. The van der Waals surface area contributed by atoms with Crippen LogP contribution < -0.4 is 16.2 Å². The fraction of sp³-hybridized carbons (Fsp3) is 0.333. The molecule has 3 N–H and O–H groups in total. The smallest absolute Gasteiger partial charge is 0.239 e. The maximum absolute atomic E-state index is 11.7. The second kappa shape index (κ2) is 7.05. The van der Waals surface area contributed by atoms with Gasteiger partial charge in [-0.1, -0.05) is 37.6 Å². The van der Waals surface area contributed by atoms with Crippen molar-refractivity contribution in [2.24, 2.45) is 5.41 Å². The lowest BCUT2D eigenvalue weighted by Gasteiger charge is -2.19. The van der Waals surface area contributed by atoms with Crippen LogP contribution in [0.15, 0.2) is 36.9 Å². The lowest BCUT2D eigenvalue weighted by molar-refractivity contribution is -0.123. The van der Waals surface area contributed by atoms with Crippen LogP contribution >= 0.6 is 12.2 Å². The Morgan fingerprint density at radius 3 is 2.45 bits per heavy atom. The van der Waals surface area contributed by atoms with Crippen LogP contribution in [0.25, 0.3) is 0 Å². The first-order chi connectivity index (χ1) is 9.32. The quantitative estimate of drug-likeness (QED) is 0.453. The number of nitrogens with one attached hydrogen (secondary N) is 3. The van der Waals surface area contributed by atoms with E-state index in [9.17, 15) is 4.79 Å². The van der Waals surface area contributed by atoms with Gasteiger partial charge < -0.3 is 5.32 Å². The molecule has 0 fully saturated rings. The molecule has 0 aliphatic carbocycles. The molecule has 1 rings (SSSR count). The molecular formula is C15H21N3OS. The van der Waals surface area contributed by atoms with Crippen molar-refractivity contribution >= 4 is 28.9 Å². The van der Waals surface area contributed by atoms with Crippen molar-refractivity contribution in [1.29, 1.82) is 0 Å². The summed E-state index contributed by atoms with van der Waals surface area (Å²) in [7, 11) is 0. The summed E-state index contributed by atoms with van der Waals surface area (Å²) < 4.78 is 0. The highest BCUT2D eigenvalue weighted by Gasteiger charge is 2.17. The zero-order valence-electron chi connectivity index (χ0n) is 12.1. The SMILES string of the molecule is C=CC(C)(C)CC(=O)NNC(=S)Nc1ccc(C)cc1. The van der Waals surface area contributed by atoms with Crippen molar-refractivity contribution in [2.45, 2.75) is 27.2 Å². The molecule has 108 valence electrons. The van der Waals surface area contributed by atoms with Gasteiger partial charge in [-0.25, -0.2) is 0 Å². The molecule has 0 aromatic heterocycles. The van der Waals surface area contributed by atoms with Gasteiger partial charge >= 0.3 is 0 Å². The first kappa shape index (κ1) is 16.2. The number of benzene rings is 1. The highest BCUT2D eigenvalue weighted by molar-refractivity contribution is 7.80. The number of anilines is 1. The molecule has 1 aromatic rings. The lowest BCUT2D eigenvalue weighted by atomic mass is 9.89. The van der Waals surface area contributed by atoms with Crippen LogP contribution in [0.2, 0.25) is 0 Å². The summed E-state index contributed by atoms with van der Waals surface area (Å²) in [6, 6.07) is 7.81. The maximum atomic E-state index is 11.7. The Balaban J connectivity index is 2.38. The number of carbonyl (C=O) groups is 1. The highest BCUT2D eigenvalue weighted by Crippen LogP contribution is 2.20. The second-order valence-electron chi connectivity index (χ2n) is 5.36. The van der Waals surface area contributed by atoms with Crippen molar-refractivity contribution in [2.75, 3.05) is 5.32 Å². The standard InChI is InChI=1S/C15H21N3OS/c1-5-15(3,4)10-13(19)17-18-14(20)16-12-8-6-11(2)7-9-12/h5-9H,1,10H2,2-4H3,(H,17,19)(H2,16,18,20). The number of amides is 1. The number of thiocarbonyl (C=S) groups is 1. The molecule has 20 heavy (non-hydrogen) atoms. The number of rotatable bonds is 4. The topological polar surface area (TPSA) is 53.2 Å². The van der Waals surface area contributed by atoms with Crippen molar-refractivity contribution in [3.63, 3.8) is 0 Å². The number of carbonyl (C=O) groups excluding carboxylic acids is 1. The molecule has 0 spiro atoms. The molecule has 0 aliphatic rings. The summed E-state index contributed by atoms with van der Waals surface area (Å²) in [6.07, 6.45) is 2.10. The van der Waals surface area contributed by atoms with E-state index in [4.69, 9.17) is 12.2 Å². The summed E-state index contributed by atoms with van der Waals surface area (Å²) >= 11 is 5.10. The Labute approximate surface area is 125 Å². The minimum atomic E-state index is -0.238. The minimum absolute atomic E-state index is 0.136. The highest BCUT2D eigenvalue weighted by atomic mass is 32.1. The zero-order chi connectivity index (χ0) is 15.2. The molecule has 0 unspecified atom stereocenters. The van der Waals surface area contributed by atoms with Crippen LogP contribution in [0.3, 0.4) is 0 Å². The molecule has 1 amide bonds. The van der Waals surface area contributed by atoms with E-state index in [1.165, 1.54) is 5.56 Å². The van der Waals surface area contributed by atoms with E-state index < -0.39 is 0 Å². The van der Waals surface area contributed by atoms with Crippen LogP contribution in [0, 0.1) is 12.3 Å². The third kappa shape index (κ3) is 5.84. The van der Waals surface area contributed by atoms with E-state index in [0.29, 0.717) is 11.5 Å². The van der Waals surface area contributed by atoms with Crippen molar-refractivity contribution in [3.05, 3.63) is 42.5 Å². The Hall–Kier alpha value is -1.88. The van der Waals surface area contributed by atoms with Gasteiger partial charge in [-0.2, -0.15) is 0 Å². The molecule has 0 radical (unpaired) electrons. The predicted octanol–water partition coefficient (Wildman–Crippen LogP) is 2.91. The molecule has 0 bridgehead atoms. The fourth-order valence-electron chi connectivity index (χ4n) is 1.46. The Morgan fingerprint density at radius 1 is 1.30 bits per heavy atom. The van der Waals surface area contributed by atoms with Crippen LogP contribution in [0.4, 0.5) is 5.69 Å². The van der Waals surface area contributed by atoms with E-state index in [0.717, 1.165) is 5.69 Å². The summed E-state index contributed by atoms with van der Waals surface area (Å²) in [5.74, 6) is -0.136. The summed E-state index contributed by atoms with van der Waals surface area (Å²) in [6.45, 7) is 9.61. The van der Waals surface area contributed by atoms with E-state index in [1.807, 2.05) is 45.0 Å². The average Bonchev–Trinajstić information content (AvgIpc) is 2.39.